The lowest BCUT2D eigenvalue weighted by molar-refractivity contribution is 0.0761. The second-order valence-electron chi connectivity index (χ2n) is 5.34. The Morgan fingerprint density at radius 3 is 2.79 bits per heavy atom. The van der Waals surface area contributed by atoms with Gasteiger partial charge in [-0.1, -0.05) is 6.07 Å². The summed E-state index contributed by atoms with van der Waals surface area (Å²) in [6, 6.07) is 4.37. The van der Waals surface area contributed by atoms with Crippen LogP contribution in [-0.4, -0.2) is 37.5 Å². The van der Waals surface area contributed by atoms with Gasteiger partial charge in [0.25, 0.3) is 5.91 Å². The van der Waals surface area contributed by atoms with Gasteiger partial charge >= 0.3 is 0 Å². The van der Waals surface area contributed by atoms with E-state index in [0.717, 1.165) is 38.0 Å². The summed E-state index contributed by atoms with van der Waals surface area (Å²) in [5.74, 6) is 0.101. The summed E-state index contributed by atoms with van der Waals surface area (Å²) < 4.78 is 13.3. The Morgan fingerprint density at radius 1 is 1.42 bits per heavy atom. The molecule has 1 N–H and O–H groups in total. The number of hydrogen-bond acceptors (Lipinski definition) is 2. The molecular weight excluding hydrogens is 243 g/mol. The molecule has 1 amide bonds. The molecule has 1 saturated heterocycles. The number of halogens is 1. The highest BCUT2D eigenvalue weighted by atomic mass is 19.1. The lowest BCUT2D eigenvalue weighted by Crippen LogP contribution is -2.37. The maximum Gasteiger partial charge on any atom is 0.253 e. The third-order valence-corrected chi connectivity index (χ3v) is 3.77. The van der Waals surface area contributed by atoms with E-state index in [9.17, 15) is 9.18 Å². The second-order valence-corrected chi connectivity index (χ2v) is 5.34. The molecule has 4 heteroatoms. The van der Waals surface area contributed by atoms with Gasteiger partial charge in [0.2, 0.25) is 0 Å². The van der Waals surface area contributed by atoms with Crippen LogP contribution in [0.2, 0.25) is 0 Å². The van der Waals surface area contributed by atoms with Crippen molar-refractivity contribution >= 4 is 5.91 Å². The maximum absolute atomic E-state index is 13.3. The normalized spacial score (nSPS) is 16.4. The van der Waals surface area contributed by atoms with Gasteiger partial charge in [-0.05, 0) is 56.5 Å². The van der Waals surface area contributed by atoms with Crippen LogP contribution in [0.4, 0.5) is 4.39 Å². The molecule has 1 aromatic carbocycles. The molecule has 0 aromatic heterocycles. The first kappa shape index (κ1) is 14.0. The van der Waals surface area contributed by atoms with E-state index in [4.69, 9.17) is 0 Å². The molecule has 0 aliphatic carbocycles. The molecule has 1 fully saturated rings. The Bertz CT molecular complexity index is 455. The van der Waals surface area contributed by atoms with Gasteiger partial charge in [-0.3, -0.25) is 4.79 Å². The Morgan fingerprint density at radius 2 is 2.11 bits per heavy atom. The van der Waals surface area contributed by atoms with Crippen LogP contribution in [0.15, 0.2) is 18.2 Å². The average molecular weight is 264 g/mol. The number of carbonyl (C=O) groups excluding carboxylic acids is 1. The predicted molar refractivity (Wildman–Crippen MR) is 73.7 cm³/mol. The van der Waals surface area contributed by atoms with Crippen LogP contribution in [0.5, 0.6) is 0 Å². The van der Waals surface area contributed by atoms with Gasteiger partial charge in [0.1, 0.15) is 5.82 Å². The van der Waals surface area contributed by atoms with Gasteiger partial charge in [0.05, 0.1) is 0 Å². The van der Waals surface area contributed by atoms with Crippen molar-refractivity contribution < 1.29 is 9.18 Å². The number of amides is 1. The molecule has 0 bridgehead atoms. The average Bonchev–Trinajstić information content (AvgIpc) is 2.42. The molecule has 1 aromatic rings. The number of benzene rings is 1. The molecule has 3 nitrogen and oxygen atoms in total. The Balaban J connectivity index is 2.03. The predicted octanol–water partition coefficient (Wildman–Crippen LogP) is 2.21. The van der Waals surface area contributed by atoms with Crippen molar-refractivity contribution in [1.29, 1.82) is 0 Å². The highest BCUT2D eigenvalue weighted by molar-refractivity contribution is 5.95. The number of piperidine rings is 1. The molecule has 0 radical (unpaired) electrons. The van der Waals surface area contributed by atoms with Crippen LogP contribution in [0.25, 0.3) is 0 Å². The van der Waals surface area contributed by atoms with E-state index in [1.165, 1.54) is 12.1 Å². The minimum atomic E-state index is -0.357. The molecule has 1 aliphatic rings. The van der Waals surface area contributed by atoms with E-state index in [1.54, 1.807) is 18.0 Å². The van der Waals surface area contributed by atoms with Crippen molar-refractivity contribution in [3.8, 4) is 0 Å². The van der Waals surface area contributed by atoms with Crippen LogP contribution in [-0.2, 0) is 0 Å². The first-order valence-electron chi connectivity index (χ1n) is 6.80. The topological polar surface area (TPSA) is 32.3 Å². The van der Waals surface area contributed by atoms with Crippen molar-refractivity contribution in [1.82, 2.24) is 10.2 Å². The van der Waals surface area contributed by atoms with Crippen molar-refractivity contribution in [3.05, 3.63) is 35.1 Å². The second kappa shape index (κ2) is 6.15. The monoisotopic (exact) mass is 264 g/mol. The molecule has 2 rings (SSSR count). The van der Waals surface area contributed by atoms with Crippen molar-refractivity contribution in [3.63, 3.8) is 0 Å². The van der Waals surface area contributed by atoms with E-state index in [0.29, 0.717) is 11.5 Å². The molecule has 1 aliphatic heterocycles. The summed E-state index contributed by atoms with van der Waals surface area (Å²) in [4.78, 5) is 14.1. The van der Waals surface area contributed by atoms with Crippen molar-refractivity contribution in [2.45, 2.75) is 19.8 Å². The molecule has 19 heavy (non-hydrogen) atoms. The molecule has 104 valence electrons. The van der Waals surface area contributed by atoms with Crippen LogP contribution in [0, 0.1) is 18.7 Å². The molecule has 0 saturated carbocycles. The summed E-state index contributed by atoms with van der Waals surface area (Å²) in [6.07, 6.45) is 2.19. The molecule has 1 heterocycles. The van der Waals surface area contributed by atoms with Crippen molar-refractivity contribution in [2.75, 3.05) is 26.7 Å². The van der Waals surface area contributed by atoms with Crippen molar-refractivity contribution in [2.24, 2.45) is 5.92 Å². The van der Waals surface area contributed by atoms with E-state index >= 15 is 0 Å². The summed E-state index contributed by atoms with van der Waals surface area (Å²) >= 11 is 0. The molecular formula is C15H21FN2O. The summed E-state index contributed by atoms with van der Waals surface area (Å²) in [7, 11) is 1.80. The van der Waals surface area contributed by atoms with Gasteiger partial charge in [0.15, 0.2) is 0 Å². The summed E-state index contributed by atoms with van der Waals surface area (Å²) in [5, 5.41) is 3.31. The van der Waals surface area contributed by atoms with E-state index < -0.39 is 0 Å². The first-order valence-corrected chi connectivity index (χ1v) is 6.80. The highest BCUT2D eigenvalue weighted by Gasteiger charge is 2.20. The van der Waals surface area contributed by atoms with E-state index in [-0.39, 0.29) is 11.7 Å². The standard InChI is InChI=1S/C15H21FN2O/c1-11-3-4-13(16)9-14(11)15(19)18(2)10-12-5-7-17-8-6-12/h3-4,9,12,17H,5-8,10H2,1-2H3. The lowest BCUT2D eigenvalue weighted by Gasteiger charge is -2.28. The molecule has 0 unspecified atom stereocenters. The zero-order chi connectivity index (χ0) is 13.8. The fraction of sp³-hybridized carbons (Fsp3) is 0.533. The number of nitrogens with zero attached hydrogens (tertiary/aromatic N) is 1. The Kier molecular flexibility index (Phi) is 4.53. The van der Waals surface area contributed by atoms with Gasteiger partial charge in [-0.15, -0.1) is 0 Å². The molecule has 0 spiro atoms. The zero-order valence-electron chi connectivity index (χ0n) is 11.6. The minimum Gasteiger partial charge on any atom is -0.341 e. The SMILES string of the molecule is Cc1ccc(F)cc1C(=O)N(C)CC1CCNCC1. The maximum atomic E-state index is 13.3. The van der Waals surface area contributed by atoms with E-state index in [1.807, 2.05) is 6.92 Å². The van der Waals surface area contributed by atoms with Gasteiger partial charge < -0.3 is 10.2 Å². The largest absolute Gasteiger partial charge is 0.341 e. The summed E-state index contributed by atoms with van der Waals surface area (Å²) in [6.45, 7) is 4.62. The third kappa shape index (κ3) is 3.53. The Labute approximate surface area is 113 Å². The smallest absolute Gasteiger partial charge is 0.253 e. The van der Waals surface area contributed by atoms with Crippen LogP contribution in [0.3, 0.4) is 0 Å². The Hall–Kier alpha value is -1.42. The minimum absolute atomic E-state index is 0.0875. The number of nitrogens with one attached hydrogen (secondary N) is 1. The lowest BCUT2D eigenvalue weighted by atomic mass is 9.97. The summed E-state index contributed by atoms with van der Waals surface area (Å²) in [5.41, 5.74) is 1.29. The first-order chi connectivity index (χ1) is 9.08. The van der Waals surface area contributed by atoms with Crippen LogP contribution in [0.1, 0.15) is 28.8 Å². The van der Waals surface area contributed by atoms with Gasteiger partial charge in [-0.25, -0.2) is 4.39 Å². The highest BCUT2D eigenvalue weighted by Crippen LogP contribution is 2.16. The molecule has 0 atom stereocenters. The number of hydrogen-bond donors (Lipinski definition) is 1. The van der Waals surface area contributed by atoms with Crippen LogP contribution < -0.4 is 5.32 Å². The van der Waals surface area contributed by atoms with Crippen LogP contribution >= 0.6 is 0 Å². The third-order valence-electron chi connectivity index (χ3n) is 3.77. The number of rotatable bonds is 3. The van der Waals surface area contributed by atoms with Gasteiger partial charge in [-0.2, -0.15) is 0 Å². The zero-order valence-corrected chi connectivity index (χ0v) is 11.6. The van der Waals surface area contributed by atoms with E-state index in [2.05, 4.69) is 5.32 Å². The quantitative estimate of drug-likeness (QED) is 0.907. The number of aryl methyl sites for hydroxylation is 1. The number of carbonyl (C=O) groups is 1. The fourth-order valence-corrected chi connectivity index (χ4v) is 2.56. The van der Waals surface area contributed by atoms with Gasteiger partial charge in [0, 0.05) is 19.2 Å². The fourth-order valence-electron chi connectivity index (χ4n) is 2.56.